The molecule has 2 rings (SSSR count). The lowest BCUT2D eigenvalue weighted by Crippen LogP contribution is -2.18. The van der Waals surface area contributed by atoms with E-state index in [0.29, 0.717) is 37.1 Å². The predicted molar refractivity (Wildman–Crippen MR) is 104 cm³/mol. The molecule has 0 unspecified atom stereocenters. The van der Waals surface area contributed by atoms with Crippen molar-refractivity contribution < 1.29 is 9.59 Å². The van der Waals surface area contributed by atoms with Crippen LogP contribution in [0.2, 0.25) is 0 Å². The number of aromatic amines is 2. The molecule has 0 aliphatic rings. The van der Waals surface area contributed by atoms with Crippen LogP contribution in [0.25, 0.3) is 0 Å². The van der Waals surface area contributed by atoms with Crippen LogP contribution in [0.5, 0.6) is 0 Å². The lowest BCUT2D eigenvalue weighted by molar-refractivity contribution is -0.117. The van der Waals surface area contributed by atoms with Crippen molar-refractivity contribution in [1.82, 2.24) is 19.9 Å². The zero-order valence-corrected chi connectivity index (χ0v) is 15.9. The number of nitrogens with zero attached hydrogens (tertiary/aromatic N) is 2. The first-order valence-corrected chi connectivity index (χ1v) is 9.07. The molecule has 0 saturated carbocycles. The molecule has 10 heteroatoms. The zero-order chi connectivity index (χ0) is 20.5. The topological polar surface area (TPSA) is 150 Å². The molecule has 0 radical (unpaired) electrons. The van der Waals surface area contributed by atoms with Crippen LogP contribution in [0.15, 0.2) is 21.7 Å². The Bertz CT molecular complexity index is 872. The lowest BCUT2D eigenvalue weighted by atomic mass is 10.1. The maximum Gasteiger partial charge on any atom is 0.252 e. The summed E-state index contributed by atoms with van der Waals surface area (Å²) >= 11 is 0. The van der Waals surface area contributed by atoms with E-state index >= 15 is 0 Å². The number of carbonyl (C=O) groups is 2. The Labute approximate surface area is 161 Å². The minimum atomic E-state index is -0.314. The van der Waals surface area contributed by atoms with Crippen LogP contribution < -0.4 is 21.8 Å². The van der Waals surface area contributed by atoms with Crippen LogP contribution >= 0.6 is 0 Å². The molecule has 2 aromatic heterocycles. The second-order valence-electron chi connectivity index (χ2n) is 6.48. The van der Waals surface area contributed by atoms with Gasteiger partial charge in [-0.2, -0.15) is 0 Å². The van der Waals surface area contributed by atoms with Crippen LogP contribution in [0.3, 0.4) is 0 Å². The van der Waals surface area contributed by atoms with Crippen LogP contribution in [-0.4, -0.2) is 31.8 Å². The normalized spacial score (nSPS) is 10.5. The summed E-state index contributed by atoms with van der Waals surface area (Å²) in [5.41, 5.74) is 0.432. The molecule has 2 heterocycles. The third kappa shape index (κ3) is 7.52. The molecule has 2 aromatic rings. The molecule has 4 N–H and O–H groups in total. The van der Waals surface area contributed by atoms with Crippen molar-refractivity contribution in [2.45, 2.75) is 52.4 Å². The Morgan fingerprint density at radius 2 is 1.18 bits per heavy atom. The molecular weight excluding hydrogens is 364 g/mol. The SMILES string of the molecule is Cc1cc(=O)[nH]c(NC(=O)CCCCCCC(=O)Nc2nc(C)cc(=O)[nH]2)n1. The Morgan fingerprint density at radius 3 is 1.54 bits per heavy atom. The van der Waals surface area contributed by atoms with Gasteiger partial charge in [-0.25, -0.2) is 9.97 Å². The number of aromatic nitrogens is 4. The molecule has 0 aliphatic heterocycles. The maximum absolute atomic E-state index is 11.9. The van der Waals surface area contributed by atoms with Crippen molar-refractivity contribution in [2.24, 2.45) is 0 Å². The van der Waals surface area contributed by atoms with Crippen molar-refractivity contribution in [3.63, 3.8) is 0 Å². The minimum absolute atomic E-state index is 0.148. The van der Waals surface area contributed by atoms with Gasteiger partial charge in [0.1, 0.15) is 0 Å². The third-order valence-corrected chi connectivity index (χ3v) is 3.81. The van der Waals surface area contributed by atoms with Crippen molar-refractivity contribution in [3.8, 4) is 0 Å². The van der Waals surface area contributed by atoms with Crippen molar-refractivity contribution >= 4 is 23.7 Å². The molecule has 0 saturated heterocycles. The highest BCUT2D eigenvalue weighted by atomic mass is 16.2. The van der Waals surface area contributed by atoms with Crippen LogP contribution in [0.4, 0.5) is 11.9 Å². The fourth-order valence-corrected chi connectivity index (χ4v) is 2.59. The average molecular weight is 388 g/mol. The number of hydrogen-bond acceptors (Lipinski definition) is 6. The summed E-state index contributed by atoms with van der Waals surface area (Å²) in [5, 5.41) is 5.13. The summed E-state index contributed by atoms with van der Waals surface area (Å²) in [5.74, 6) is -0.147. The summed E-state index contributed by atoms with van der Waals surface area (Å²) in [6.07, 6.45) is 3.51. The van der Waals surface area contributed by atoms with Gasteiger partial charge in [0.25, 0.3) is 11.1 Å². The molecule has 0 bridgehead atoms. The summed E-state index contributed by atoms with van der Waals surface area (Å²) in [4.78, 5) is 59.4. The number of aryl methyl sites for hydroxylation is 2. The molecular formula is C18H24N6O4. The number of amides is 2. The number of hydrogen-bond donors (Lipinski definition) is 4. The molecule has 10 nitrogen and oxygen atoms in total. The van der Waals surface area contributed by atoms with E-state index in [9.17, 15) is 19.2 Å². The largest absolute Gasteiger partial charge is 0.296 e. The van der Waals surface area contributed by atoms with Crippen molar-refractivity contribution in [1.29, 1.82) is 0 Å². The molecule has 2 amide bonds. The number of nitrogens with one attached hydrogen (secondary N) is 4. The number of H-pyrrole nitrogens is 2. The smallest absolute Gasteiger partial charge is 0.252 e. The highest BCUT2D eigenvalue weighted by molar-refractivity contribution is 5.89. The van der Waals surface area contributed by atoms with Crippen molar-refractivity contribution in [2.75, 3.05) is 10.6 Å². The quantitative estimate of drug-likeness (QED) is 0.477. The zero-order valence-electron chi connectivity index (χ0n) is 15.9. The van der Waals surface area contributed by atoms with E-state index in [1.165, 1.54) is 12.1 Å². The monoisotopic (exact) mass is 388 g/mol. The Morgan fingerprint density at radius 1 is 0.786 bits per heavy atom. The molecule has 150 valence electrons. The van der Waals surface area contributed by atoms with Gasteiger partial charge in [0.05, 0.1) is 0 Å². The van der Waals surface area contributed by atoms with E-state index in [1.54, 1.807) is 13.8 Å². The molecule has 28 heavy (non-hydrogen) atoms. The summed E-state index contributed by atoms with van der Waals surface area (Å²) in [6, 6.07) is 2.69. The number of anilines is 2. The van der Waals surface area contributed by atoms with Gasteiger partial charge < -0.3 is 0 Å². The number of carbonyl (C=O) groups excluding carboxylic acids is 2. The summed E-state index contributed by atoms with van der Waals surface area (Å²) in [6.45, 7) is 3.35. The number of rotatable bonds is 9. The number of unbranched alkanes of at least 4 members (excludes halogenated alkanes) is 3. The molecule has 0 fully saturated rings. The maximum atomic E-state index is 11.9. The van der Waals surface area contributed by atoms with Crippen LogP contribution in [-0.2, 0) is 9.59 Å². The second kappa shape index (κ2) is 10.1. The van der Waals surface area contributed by atoms with Gasteiger partial charge >= 0.3 is 0 Å². The van der Waals surface area contributed by atoms with Gasteiger partial charge in [-0.3, -0.25) is 39.8 Å². The average Bonchev–Trinajstić information content (AvgIpc) is 2.56. The van der Waals surface area contributed by atoms with E-state index in [-0.39, 0.29) is 34.8 Å². The van der Waals surface area contributed by atoms with Crippen LogP contribution in [0, 0.1) is 13.8 Å². The first-order chi connectivity index (χ1) is 13.3. The van der Waals surface area contributed by atoms with Gasteiger partial charge in [-0.1, -0.05) is 12.8 Å². The lowest BCUT2D eigenvalue weighted by Gasteiger charge is -2.06. The van der Waals surface area contributed by atoms with Gasteiger partial charge in [0, 0.05) is 36.4 Å². The fourth-order valence-electron chi connectivity index (χ4n) is 2.59. The van der Waals surface area contributed by atoms with Gasteiger partial charge in [-0.15, -0.1) is 0 Å². The first kappa shape index (κ1) is 21.0. The minimum Gasteiger partial charge on any atom is -0.296 e. The fraction of sp³-hybridized carbons (Fsp3) is 0.444. The standard InChI is InChI=1S/C18H24N6O4/c1-11-9-15(27)23-17(19-11)21-13(25)7-5-3-4-6-8-14(26)22-18-20-12(2)10-16(28)24-18/h9-10H,3-8H2,1-2H3,(H2,19,21,23,25,27)(H2,20,22,24,26,28). The molecule has 0 aliphatic carbocycles. The molecule has 0 aromatic carbocycles. The van der Waals surface area contributed by atoms with Gasteiger partial charge in [-0.05, 0) is 26.7 Å². The Balaban J connectivity index is 1.61. The Kier molecular flexibility index (Phi) is 7.61. The predicted octanol–water partition coefficient (Wildman–Crippen LogP) is 1.39. The van der Waals surface area contributed by atoms with Crippen molar-refractivity contribution in [3.05, 3.63) is 44.2 Å². The first-order valence-electron chi connectivity index (χ1n) is 9.07. The molecule has 0 spiro atoms. The van der Waals surface area contributed by atoms with E-state index in [2.05, 4.69) is 30.6 Å². The van der Waals surface area contributed by atoms with Gasteiger partial charge in [0.15, 0.2) is 0 Å². The van der Waals surface area contributed by atoms with Gasteiger partial charge in [0.2, 0.25) is 23.7 Å². The summed E-state index contributed by atoms with van der Waals surface area (Å²) < 4.78 is 0. The van der Waals surface area contributed by atoms with Crippen LogP contribution in [0.1, 0.15) is 49.9 Å². The second-order valence-corrected chi connectivity index (χ2v) is 6.48. The molecule has 0 atom stereocenters. The van der Waals surface area contributed by atoms with E-state index < -0.39 is 0 Å². The third-order valence-electron chi connectivity index (χ3n) is 3.81. The Hall–Kier alpha value is -3.30. The van der Waals surface area contributed by atoms with E-state index in [1.807, 2.05) is 0 Å². The van der Waals surface area contributed by atoms with E-state index in [0.717, 1.165) is 12.8 Å². The summed E-state index contributed by atoms with van der Waals surface area (Å²) in [7, 11) is 0. The van der Waals surface area contributed by atoms with E-state index in [4.69, 9.17) is 0 Å². The highest BCUT2D eigenvalue weighted by Gasteiger charge is 2.07. The highest BCUT2D eigenvalue weighted by Crippen LogP contribution is 2.08.